The van der Waals surface area contributed by atoms with Crippen LogP contribution in [0, 0.1) is 0 Å². The molecule has 0 atom stereocenters. The van der Waals surface area contributed by atoms with Gasteiger partial charge in [0.15, 0.2) is 0 Å². The lowest BCUT2D eigenvalue weighted by molar-refractivity contribution is 0.109. The van der Waals surface area contributed by atoms with Crippen LogP contribution in [0.4, 0.5) is 4.79 Å². The number of nitrogens with one attached hydrogen (secondary N) is 2. The summed E-state index contributed by atoms with van der Waals surface area (Å²) >= 11 is 0. The molecule has 15 heavy (non-hydrogen) atoms. The molecule has 0 bridgehead atoms. The molecule has 0 fully saturated rings. The van der Waals surface area contributed by atoms with Crippen molar-refractivity contribution in [1.29, 1.82) is 0 Å². The topological polar surface area (TPSA) is 53.6 Å². The van der Waals surface area contributed by atoms with E-state index in [0.29, 0.717) is 19.7 Å². The number of hydrogen-bond acceptors (Lipinski definition) is 4. The molecule has 0 aliphatic carbocycles. The summed E-state index contributed by atoms with van der Waals surface area (Å²) in [5, 5.41) is 0. The molecule has 0 aromatic rings. The molecule has 2 aliphatic heterocycles. The van der Waals surface area contributed by atoms with Crippen LogP contribution in [-0.2, 0) is 4.74 Å². The summed E-state index contributed by atoms with van der Waals surface area (Å²) in [4.78, 5) is 13.3. The lowest BCUT2D eigenvalue weighted by atomic mass is 10.3. The number of ether oxygens (including phenoxy) is 1. The normalized spacial score (nSPS) is 19.1. The van der Waals surface area contributed by atoms with Gasteiger partial charge in [-0.05, 0) is 12.0 Å². The summed E-state index contributed by atoms with van der Waals surface area (Å²) in [5.41, 5.74) is 8.48. The molecular weight excluding hydrogens is 194 g/mol. The average Bonchev–Trinajstić information content (AvgIpc) is 2.76. The third kappa shape index (κ3) is 2.23. The fourth-order valence-corrected chi connectivity index (χ4v) is 1.76. The van der Waals surface area contributed by atoms with E-state index in [1.165, 1.54) is 5.57 Å². The Bertz CT molecular complexity index is 272. The molecule has 2 N–H and O–H groups in total. The van der Waals surface area contributed by atoms with Crippen molar-refractivity contribution in [2.24, 2.45) is 0 Å². The van der Waals surface area contributed by atoms with Gasteiger partial charge in [-0.25, -0.2) is 10.2 Å². The van der Waals surface area contributed by atoms with E-state index < -0.39 is 0 Å². The van der Waals surface area contributed by atoms with Gasteiger partial charge in [0.25, 0.3) is 0 Å². The zero-order chi connectivity index (χ0) is 10.7. The van der Waals surface area contributed by atoms with Crippen molar-refractivity contribution >= 4 is 6.09 Å². The van der Waals surface area contributed by atoms with Gasteiger partial charge in [-0.15, -0.1) is 0 Å². The maximum Gasteiger partial charge on any atom is 0.410 e. The van der Waals surface area contributed by atoms with Crippen molar-refractivity contribution in [2.45, 2.75) is 19.8 Å². The number of carbonyl (C=O) groups is 1. The summed E-state index contributed by atoms with van der Waals surface area (Å²) in [6.45, 7) is 4.78. The van der Waals surface area contributed by atoms with Crippen LogP contribution in [0.3, 0.4) is 0 Å². The average molecular weight is 211 g/mol. The lowest BCUT2D eigenvalue weighted by Crippen LogP contribution is -2.36. The molecule has 0 unspecified atom stereocenters. The van der Waals surface area contributed by atoms with E-state index in [1.807, 2.05) is 0 Å². The molecule has 84 valence electrons. The van der Waals surface area contributed by atoms with Crippen LogP contribution in [0.1, 0.15) is 19.8 Å². The Labute approximate surface area is 89.4 Å². The van der Waals surface area contributed by atoms with E-state index in [9.17, 15) is 4.79 Å². The van der Waals surface area contributed by atoms with Crippen LogP contribution < -0.4 is 10.9 Å². The quantitative estimate of drug-likeness (QED) is 0.671. The van der Waals surface area contributed by atoms with Crippen LogP contribution in [0.2, 0.25) is 0 Å². The monoisotopic (exact) mass is 211 g/mol. The van der Waals surface area contributed by atoms with Crippen LogP contribution >= 0.6 is 0 Å². The Morgan fingerprint density at radius 1 is 1.53 bits per heavy atom. The molecule has 0 saturated carbocycles. The van der Waals surface area contributed by atoms with Gasteiger partial charge in [0.2, 0.25) is 0 Å². The zero-order valence-corrected chi connectivity index (χ0v) is 9.01. The van der Waals surface area contributed by atoms with Crippen LogP contribution in [0.15, 0.2) is 11.3 Å². The maximum absolute atomic E-state index is 11.6. The number of carbonyl (C=O) groups excluding carboxylic acids is 1. The van der Waals surface area contributed by atoms with Crippen LogP contribution in [0.5, 0.6) is 0 Å². The predicted octanol–water partition coefficient (Wildman–Crippen LogP) is 0.601. The number of hydrazine groups is 1. The molecular formula is C10H17N3O2. The summed E-state index contributed by atoms with van der Waals surface area (Å²) in [5.74, 6) is 0. The van der Waals surface area contributed by atoms with E-state index in [4.69, 9.17) is 4.74 Å². The molecule has 2 rings (SSSR count). The number of hydrogen-bond donors (Lipinski definition) is 2. The highest BCUT2D eigenvalue weighted by molar-refractivity contribution is 5.69. The number of rotatable bonds is 3. The summed E-state index contributed by atoms with van der Waals surface area (Å²) in [6.07, 6.45) is 1.79. The Morgan fingerprint density at radius 3 is 3.13 bits per heavy atom. The summed E-state index contributed by atoms with van der Waals surface area (Å²) in [6, 6.07) is 0. The second-order valence-corrected chi connectivity index (χ2v) is 3.88. The van der Waals surface area contributed by atoms with Gasteiger partial charge in [-0.1, -0.05) is 13.3 Å². The first-order chi connectivity index (χ1) is 7.31. The van der Waals surface area contributed by atoms with Gasteiger partial charge in [0.05, 0.1) is 13.2 Å². The van der Waals surface area contributed by atoms with Crippen molar-refractivity contribution in [2.75, 3.05) is 26.2 Å². The van der Waals surface area contributed by atoms with Crippen LogP contribution in [0.25, 0.3) is 0 Å². The van der Waals surface area contributed by atoms with Gasteiger partial charge < -0.3 is 10.2 Å². The second kappa shape index (κ2) is 4.53. The standard InChI is InChI=1S/C10H17N3O2/c1-2-3-4-15-10(14)13-6-8-5-11-12-9(8)7-13/h11-12H,2-7H2,1H3. The highest BCUT2D eigenvalue weighted by Gasteiger charge is 2.29. The third-order valence-corrected chi connectivity index (χ3v) is 2.68. The molecule has 1 amide bonds. The van der Waals surface area contributed by atoms with E-state index in [0.717, 1.165) is 25.1 Å². The third-order valence-electron chi connectivity index (χ3n) is 2.68. The lowest BCUT2D eigenvalue weighted by Gasteiger charge is -2.17. The summed E-state index contributed by atoms with van der Waals surface area (Å²) < 4.78 is 5.14. The molecule has 0 aromatic carbocycles. The van der Waals surface area contributed by atoms with Crippen molar-refractivity contribution in [1.82, 2.24) is 15.8 Å². The fourth-order valence-electron chi connectivity index (χ4n) is 1.76. The van der Waals surface area contributed by atoms with Gasteiger partial charge >= 0.3 is 6.09 Å². The van der Waals surface area contributed by atoms with Gasteiger partial charge in [-0.2, -0.15) is 0 Å². The van der Waals surface area contributed by atoms with E-state index in [-0.39, 0.29) is 6.09 Å². The van der Waals surface area contributed by atoms with E-state index >= 15 is 0 Å². The number of nitrogens with zero attached hydrogens (tertiary/aromatic N) is 1. The van der Waals surface area contributed by atoms with Crippen molar-refractivity contribution in [3.05, 3.63) is 11.3 Å². The first-order valence-electron chi connectivity index (χ1n) is 5.42. The predicted molar refractivity (Wildman–Crippen MR) is 56.0 cm³/mol. The maximum atomic E-state index is 11.6. The minimum atomic E-state index is -0.195. The van der Waals surface area contributed by atoms with Gasteiger partial charge in [0, 0.05) is 18.8 Å². The Kier molecular flexibility index (Phi) is 3.11. The van der Waals surface area contributed by atoms with Gasteiger partial charge in [-0.3, -0.25) is 4.90 Å². The molecule has 5 nitrogen and oxygen atoms in total. The van der Waals surface area contributed by atoms with E-state index in [1.54, 1.807) is 4.90 Å². The highest BCUT2D eigenvalue weighted by Crippen LogP contribution is 2.18. The molecule has 0 aromatic heterocycles. The smallest absolute Gasteiger partial charge is 0.410 e. The van der Waals surface area contributed by atoms with Crippen molar-refractivity contribution in [3.63, 3.8) is 0 Å². The first kappa shape index (κ1) is 10.3. The molecule has 0 saturated heterocycles. The molecule has 2 heterocycles. The molecule has 5 heteroatoms. The Balaban J connectivity index is 1.75. The van der Waals surface area contributed by atoms with Crippen LogP contribution in [-0.4, -0.2) is 37.2 Å². The number of amides is 1. The summed E-state index contributed by atoms with van der Waals surface area (Å²) in [7, 11) is 0. The minimum absolute atomic E-state index is 0.195. The minimum Gasteiger partial charge on any atom is -0.449 e. The largest absolute Gasteiger partial charge is 0.449 e. The Morgan fingerprint density at radius 2 is 2.40 bits per heavy atom. The fraction of sp³-hybridized carbons (Fsp3) is 0.700. The molecule has 0 radical (unpaired) electrons. The highest BCUT2D eigenvalue weighted by atomic mass is 16.6. The van der Waals surface area contributed by atoms with Crippen molar-refractivity contribution < 1.29 is 9.53 Å². The van der Waals surface area contributed by atoms with Gasteiger partial charge in [0.1, 0.15) is 0 Å². The second-order valence-electron chi connectivity index (χ2n) is 3.88. The Hall–Kier alpha value is -1.23. The SMILES string of the molecule is CCCCOC(=O)N1CC2=C(C1)NNC2. The molecule has 2 aliphatic rings. The van der Waals surface area contributed by atoms with Crippen molar-refractivity contribution in [3.8, 4) is 0 Å². The number of unbranched alkanes of at least 4 members (excludes halogenated alkanes) is 1. The molecule has 0 spiro atoms. The van der Waals surface area contributed by atoms with E-state index in [2.05, 4.69) is 17.8 Å². The zero-order valence-electron chi connectivity index (χ0n) is 9.01. The first-order valence-corrected chi connectivity index (χ1v) is 5.42.